The Hall–Kier alpha value is -3.53. The summed E-state index contributed by atoms with van der Waals surface area (Å²) in [6, 6.07) is 3.40. The molecule has 0 saturated heterocycles. The Balaban J connectivity index is 0.000000194. The Kier molecular flexibility index (Phi) is 6.50. The Morgan fingerprint density at radius 3 is 2.03 bits per heavy atom. The van der Waals surface area contributed by atoms with Crippen LogP contribution in [-0.4, -0.2) is 31.6 Å². The van der Waals surface area contributed by atoms with Crippen LogP contribution in [0.3, 0.4) is 0 Å². The molecular formula is C21H24F2N6O2. The second-order valence-electron chi connectivity index (χ2n) is 7.74. The average Bonchev–Trinajstić information content (AvgIpc) is 3.23. The van der Waals surface area contributed by atoms with Crippen LogP contribution in [0.15, 0.2) is 36.9 Å². The number of hydrogen-bond donors (Lipinski definition) is 4. The highest BCUT2D eigenvalue weighted by atomic mass is 19.1. The van der Waals surface area contributed by atoms with Gasteiger partial charge in [0.05, 0.1) is 39.7 Å². The molecule has 4 aromatic heterocycles. The van der Waals surface area contributed by atoms with Crippen molar-refractivity contribution >= 4 is 27.9 Å². The minimum atomic E-state index is -0.580. The number of halogens is 2. The van der Waals surface area contributed by atoms with E-state index in [1.807, 2.05) is 0 Å². The van der Waals surface area contributed by atoms with Gasteiger partial charge in [0, 0.05) is 31.3 Å². The fourth-order valence-electron chi connectivity index (χ4n) is 2.85. The van der Waals surface area contributed by atoms with Crippen molar-refractivity contribution in [1.82, 2.24) is 25.3 Å². The second kappa shape index (κ2) is 9.09. The zero-order chi connectivity index (χ0) is 22.6. The van der Waals surface area contributed by atoms with Crippen LogP contribution in [0, 0.1) is 11.6 Å². The number of rotatable bonds is 3. The summed E-state index contributed by atoms with van der Waals surface area (Å²) in [5, 5.41) is 3.41. The summed E-state index contributed by atoms with van der Waals surface area (Å²) >= 11 is 0. The van der Waals surface area contributed by atoms with Crippen LogP contribution in [-0.2, 0) is 17.8 Å². The molecule has 4 aromatic rings. The van der Waals surface area contributed by atoms with Gasteiger partial charge in [0.1, 0.15) is 5.60 Å². The largest absolute Gasteiger partial charge is 0.444 e. The predicted octanol–water partition coefficient (Wildman–Crippen LogP) is 3.89. The van der Waals surface area contributed by atoms with E-state index in [-0.39, 0.29) is 18.9 Å². The Morgan fingerprint density at radius 1 is 1.03 bits per heavy atom. The van der Waals surface area contributed by atoms with Gasteiger partial charge in [0.25, 0.3) is 0 Å². The number of H-pyrrole nitrogens is 2. The van der Waals surface area contributed by atoms with Crippen molar-refractivity contribution in [2.75, 3.05) is 0 Å². The average molecular weight is 430 g/mol. The van der Waals surface area contributed by atoms with Gasteiger partial charge in [0.2, 0.25) is 0 Å². The van der Waals surface area contributed by atoms with Crippen molar-refractivity contribution in [3.8, 4) is 0 Å². The first kappa shape index (κ1) is 22.2. The van der Waals surface area contributed by atoms with Gasteiger partial charge in [-0.2, -0.15) is 0 Å². The monoisotopic (exact) mass is 430 g/mol. The molecule has 0 fully saturated rings. The molecule has 1 amide bonds. The number of amides is 1. The van der Waals surface area contributed by atoms with Gasteiger partial charge >= 0.3 is 6.09 Å². The van der Waals surface area contributed by atoms with Crippen molar-refractivity contribution < 1.29 is 18.3 Å². The summed E-state index contributed by atoms with van der Waals surface area (Å²) in [7, 11) is 0. The number of nitrogens with zero attached hydrogens (tertiary/aromatic N) is 2. The lowest BCUT2D eigenvalue weighted by Gasteiger charge is -2.19. The Bertz CT molecular complexity index is 1200. The summed E-state index contributed by atoms with van der Waals surface area (Å²) in [5.41, 5.74) is 6.86. The van der Waals surface area contributed by atoms with Crippen LogP contribution in [0.2, 0.25) is 0 Å². The molecule has 8 nitrogen and oxygen atoms in total. The molecule has 31 heavy (non-hydrogen) atoms. The highest BCUT2D eigenvalue weighted by Crippen LogP contribution is 2.20. The van der Waals surface area contributed by atoms with Crippen LogP contribution in [0.5, 0.6) is 0 Å². The number of ether oxygens (including phenoxy) is 1. The third-order valence-corrected chi connectivity index (χ3v) is 4.23. The molecule has 0 saturated carbocycles. The van der Waals surface area contributed by atoms with E-state index in [0.717, 1.165) is 5.52 Å². The lowest BCUT2D eigenvalue weighted by molar-refractivity contribution is 0.0522. The van der Waals surface area contributed by atoms with Crippen molar-refractivity contribution in [3.63, 3.8) is 0 Å². The number of pyridine rings is 2. The maximum atomic E-state index is 14.0. The molecule has 4 rings (SSSR count). The predicted molar refractivity (Wildman–Crippen MR) is 113 cm³/mol. The first-order chi connectivity index (χ1) is 14.7. The van der Waals surface area contributed by atoms with E-state index in [4.69, 9.17) is 10.5 Å². The summed E-state index contributed by atoms with van der Waals surface area (Å²) in [4.78, 5) is 24.9. The number of fused-ring (bicyclic) bond motifs is 2. The highest BCUT2D eigenvalue weighted by Gasteiger charge is 2.17. The Labute approximate surface area is 177 Å². The molecule has 10 heteroatoms. The molecule has 0 atom stereocenters. The number of aromatic nitrogens is 4. The first-order valence-electron chi connectivity index (χ1n) is 9.56. The van der Waals surface area contributed by atoms with Gasteiger partial charge in [-0.3, -0.25) is 9.97 Å². The van der Waals surface area contributed by atoms with Gasteiger partial charge in [0.15, 0.2) is 11.6 Å². The molecule has 164 valence electrons. The molecule has 0 aromatic carbocycles. The molecule has 4 heterocycles. The zero-order valence-electron chi connectivity index (χ0n) is 17.4. The Morgan fingerprint density at radius 2 is 1.55 bits per heavy atom. The van der Waals surface area contributed by atoms with Gasteiger partial charge in [-0.05, 0) is 32.9 Å². The number of carbonyl (C=O) groups excluding carboxylic acids is 1. The minimum absolute atomic E-state index is 0.0371. The number of alkyl carbamates (subject to hydrolysis) is 1. The van der Waals surface area contributed by atoms with E-state index < -0.39 is 17.5 Å². The summed E-state index contributed by atoms with van der Waals surface area (Å²) in [6.07, 6.45) is 5.53. The first-order valence-corrected chi connectivity index (χ1v) is 9.56. The molecular weight excluding hydrogens is 406 g/mol. The molecule has 5 N–H and O–H groups in total. The quantitative estimate of drug-likeness (QED) is 0.393. The van der Waals surface area contributed by atoms with Crippen molar-refractivity contribution in [1.29, 1.82) is 0 Å². The van der Waals surface area contributed by atoms with Crippen molar-refractivity contribution in [3.05, 3.63) is 59.9 Å². The summed E-state index contributed by atoms with van der Waals surface area (Å²) in [6.45, 7) is 5.52. The maximum Gasteiger partial charge on any atom is 0.407 e. The molecule has 0 radical (unpaired) electrons. The van der Waals surface area contributed by atoms with Crippen LogP contribution < -0.4 is 11.1 Å². The van der Waals surface area contributed by atoms with Gasteiger partial charge in [-0.1, -0.05) is 0 Å². The van der Waals surface area contributed by atoms with E-state index in [1.54, 1.807) is 45.3 Å². The van der Waals surface area contributed by atoms with Gasteiger partial charge in [-0.15, -0.1) is 0 Å². The summed E-state index contributed by atoms with van der Waals surface area (Å²) < 4.78 is 32.3. The smallest absolute Gasteiger partial charge is 0.407 e. The van der Waals surface area contributed by atoms with Gasteiger partial charge < -0.3 is 25.8 Å². The number of carbonyl (C=O) groups is 1. The SMILES string of the molecule is CC(C)(C)OC(=O)NCc1[nH]c2ccncc2c1F.NCc1[nH]c2ccncc2c1F. The topological polar surface area (TPSA) is 122 Å². The lowest BCUT2D eigenvalue weighted by atomic mass is 10.2. The number of aromatic amines is 2. The normalized spacial score (nSPS) is 11.3. The fraction of sp³-hybridized carbons (Fsp3) is 0.286. The van der Waals surface area contributed by atoms with Crippen LogP contribution in [0.25, 0.3) is 21.8 Å². The molecule has 0 bridgehead atoms. The van der Waals surface area contributed by atoms with Crippen LogP contribution in [0.1, 0.15) is 32.2 Å². The second-order valence-corrected chi connectivity index (χ2v) is 7.74. The fourth-order valence-corrected chi connectivity index (χ4v) is 2.85. The number of nitrogens with two attached hydrogens (primary N) is 1. The van der Waals surface area contributed by atoms with Crippen LogP contribution >= 0.6 is 0 Å². The third-order valence-electron chi connectivity index (χ3n) is 4.23. The highest BCUT2D eigenvalue weighted by molar-refractivity contribution is 5.80. The number of hydrogen-bond acceptors (Lipinski definition) is 5. The van der Waals surface area contributed by atoms with E-state index in [0.29, 0.717) is 27.7 Å². The van der Waals surface area contributed by atoms with E-state index >= 15 is 0 Å². The number of nitrogens with one attached hydrogen (secondary N) is 3. The van der Waals surface area contributed by atoms with E-state index in [2.05, 4.69) is 25.3 Å². The molecule has 0 unspecified atom stereocenters. The summed E-state index contributed by atoms with van der Waals surface area (Å²) in [5.74, 6) is -0.695. The molecule has 0 aliphatic carbocycles. The molecule has 0 spiro atoms. The van der Waals surface area contributed by atoms with Crippen molar-refractivity contribution in [2.45, 2.75) is 39.5 Å². The van der Waals surface area contributed by atoms with E-state index in [1.165, 1.54) is 12.4 Å². The third kappa shape index (κ3) is 5.34. The standard InChI is InChI=1S/C13H16FN3O2.C8H8FN3/c1-13(2,3)19-12(18)16-7-10-11(14)8-6-15-5-4-9(8)17-10;9-8-5-4-11-2-1-6(5)12-7(8)3-10/h4-6,17H,7H2,1-3H3,(H,16,18);1-2,4,12H,3,10H2. The molecule has 0 aliphatic heterocycles. The van der Waals surface area contributed by atoms with Crippen molar-refractivity contribution in [2.24, 2.45) is 5.73 Å². The van der Waals surface area contributed by atoms with Gasteiger partial charge in [-0.25, -0.2) is 13.6 Å². The maximum absolute atomic E-state index is 14.0. The van der Waals surface area contributed by atoms with Crippen LogP contribution in [0.4, 0.5) is 13.6 Å². The lowest BCUT2D eigenvalue weighted by Crippen LogP contribution is -2.32. The van der Waals surface area contributed by atoms with E-state index in [9.17, 15) is 13.6 Å². The minimum Gasteiger partial charge on any atom is -0.444 e. The zero-order valence-corrected chi connectivity index (χ0v) is 17.4. The molecule has 0 aliphatic rings.